The van der Waals surface area contributed by atoms with Gasteiger partial charge in [0.1, 0.15) is 11.1 Å². The van der Waals surface area contributed by atoms with Gasteiger partial charge in [0.25, 0.3) is 0 Å². The number of carbonyl (C=O) groups is 2. The highest BCUT2D eigenvalue weighted by atomic mass is 32.2. The standard InChI is InChI=1S/C19H18FN5O2S/c1-21-18(27)22-17(26)15(12-8-4-3-5-9-12)28-19-24-23-16(25(19)2)13-10-6-7-11-14(13)20/h3-11,15H,1-2H3,(H2,21,22,26,27)/t15-/m1/s1. The second-order valence-electron chi connectivity index (χ2n) is 5.82. The van der Waals surface area contributed by atoms with Gasteiger partial charge in [-0.25, -0.2) is 9.18 Å². The van der Waals surface area contributed by atoms with Crippen LogP contribution in [0.2, 0.25) is 0 Å². The molecule has 0 aliphatic heterocycles. The van der Waals surface area contributed by atoms with E-state index in [1.54, 1.807) is 54.1 Å². The zero-order valence-corrected chi connectivity index (χ0v) is 16.0. The molecule has 0 saturated heterocycles. The molecule has 0 saturated carbocycles. The molecule has 0 aliphatic rings. The first kappa shape index (κ1) is 19.6. The SMILES string of the molecule is CNC(=O)NC(=O)[C@H](Sc1nnc(-c2ccccc2F)n1C)c1ccccc1. The number of nitrogens with zero attached hydrogens (tertiary/aromatic N) is 3. The first-order chi connectivity index (χ1) is 13.5. The van der Waals surface area contributed by atoms with Gasteiger partial charge >= 0.3 is 6.03 Å². The summed E-state index contributed by atoms with van der Waals surface area (Å²) in [4.78, 5) is 24.2. The van der Waals surface area contributed by atoms with Gasteiger partial charge in [-0.15, -0.1) is 10.2 Å². The molecule has 0 radical (unpaired) electrons. The summed E-state index contributed by atoms with van der Waals surface area (Å²) in [6.45, 7) is 0. The molecule has 2 aromatic carbocycles. The van der Waals surface area contributed by atoms with Crippen LogP contribution in [0.15, 0.2) is 59.8 Å². The third-order valence-electron chi connectivity index (χ3n) is 3.98. The van der Waals surface area contributed by atoms with Crippen molar-refractivity contribution in [3.63, 3.8) is 0 Å². The zero-order chi connectivity index (χ0) is 20.1. The summed E-state index contributed by atoms with van der Waals surface area (Å²) in [5.74, 6) is -0.559. The molecule has 2 N–H and O–H groups in total. The van der Waals surface area contributed by atoms with Gasteiger partial charge in [-0.2, -0.15) is 0 Å². The fraction of sp³-hybridized carbons (Fsp3) is 0.158. The monoisotopic (exact) mass is 399 g/mol. The van der Waals surface area contributed by atoms with Crippen LogP contribution >= 0.6 is 11.8 Å². The van der Waals surface area contributed by atoms with Crippen molar-refractivity contribution in [2.45, 2.75) is 10.4 Å². The first-order valence-corrected chi connectivity index (χ1v) is 9.27. The Labute approximate surface area is 165 Å². The highest BCUT2D eigenvalue weighted by Crippen LogP contribution is 2.35. The number of rotatable bonds is 5. The Hall–Kier alpha value is -3.20. The molecule has 3 amide bonds. The number of hydrogen-bond acceptors (Lipinski definition) is 5. The summed E-state index contributed by atoms with van der Waals surface area (Å²) in [6.07, 6.45) is 0. The smallest absolute Gasteiger partial charge is 0.321 e. The molecule has 0 aliphatic carbocycles. The number of nitrogens with one attached hydrogen (secondary N) is 2. The van der Waals surface area contributed by atoms with E-state index in [-0.39, 0.29) is 0 Å². The molecule has 0 bridgehead atoms. The summed E-state index contributed by atoms with van der Waals surface area (Å²) in [5, 5.41) is 12.5. The van der Waals surface area contributed by atoms with Crippen LogP contribution in [0, 0.1) is 5.82 Å². The maximum Gasteiger partial charge on any atom is 0.321 e. The van der Waals surface area contributed by atoms with Gasteiger partial charge in [0.2, 0.25) is 5.91 Å². The Bertz CT molecular complexity index is 993. The third kappa shape index (κ3) is 4.20. The molecular formula is C19H18FN5O2S. The lowest BCUT2D eigenvalue weighted by molar-refractivity contribution is -0.119. The molecule has 7 nitrogen and oxygen atoms in total. The highest BCUT2D eigenvalue weighted by molar-refractivity contribution is 8.00. The first-order valence-electron chi connectivity index (χ1n) is 8.39. The summed E-state index contributed by atoms with van der Waals surface area (Å²) >= 11 is 1.13. The summed E-state index contributed by atoms with van der Waals surface area (Å²) in [7, 11) is 3.12. The van der Waals surface area contributed by atoms with Crippen molar-refractivity contribution < 1.29 is 14.0 Å². The Morgan fingerprint density at radius 1 is 1.07 bits per heavy atom. The van der Waals surface area contributed by atoms with E-state index in [9.17, 15) is 14.0 Å². The van der Waals surface area contributed by atoms with Crippen LogP contribution in [0.25, 0.3) is 11.4 Å². The van der Waals surface area contributed by atoms with E-state index in [4.69, 9.17) is 0 Å². The van der Waals surface area contributed by atoms with Crippen molar-refractivity contribution in [1.29, 1.82) is 0 Å². The molecule has 1 atom stereocenters. The highest BCUT2D eigenvalue weighted by Gasteiger charge is 2.26. The second kappa shape index (κ2) is 8.66. The summed E-state index contributed by atoms with van der Waals surface area (Å²) in [5.41, 5.74) is 1.01. The lowest BCUT2D eigenvalue weighted by Gasteiger charge is -2.16. The minimum Gasteiger partial charge on any atom is -0.341 e. The van der Waals surface area contributed by atoms with Crippen LogP contribution in [-0.4, -0.2) is 33.8 Å². The third-order valence-corrected chi connectivity index (χ3v) is 5.27. The molecule has 1 aromatic heterocycles. The number of imide groups is 1. The number of urea groups is 1. The van der Waals surface area contributed by atoms with Gasteiger partial charge < -0.3 is 9.88 Å². The van der Waals surface area contributed by atoms with Crippen molar-refractivity contribution in [2.75, 3.05) is 7.05 Å². The van der Waals surface area contributed by atoms with Gasteiger partial charge in [0, 0.05) is 14.1 Å². The fourth-order valence-electron chi connectivity index (χ4n) is 2.54. The van der Waals surface area contributed by atoms with Gasteiger partial charge in [0.15, 0.2) is 11.0 Å². The Morgan fingerprint density at radius 3 is 2.43 bits per heavy atom. The van der Waals surface area contributed by atoms with E-state index < -0.39 is 23.0 Å². The largest absolute Gasteiger partial charge is 0.341 e. The lowest BCUT2D eigenvalue weighted by Crippen LogP contribution is -2.39. The van der Waals surface area contributed by atoms with Gasteiger partial charge in [-0.1, -0.05) is 54.2 Å². The number of thioether (sulfide) groups is 1. The normalized spacial score (nSPS) is 11.7. The molecule has 0 unspecified atom stereocenters. The average Bonchev–Trinajstić information content (AvgIpc) is 3.07. The number of hydrogen-bond donors (Lipinski definition) is 2. The van der Waals surface area contributed by atoms with E-state index in [0.717, 1.165) is 11.8 Å². The van der Waals surface area contributed by atoms with E-state index in [0.29, 0.717) is 22.1 Å². The Balaban J connectivity index is 1.92. The van der Waals surface area contributed by atoms with Crippen molar-refractivity contribution in [1.82, 2.24) is 25.4 Å². The predicted octanol–water partition coefficient (Wildman–Crippen LogP) is 2.91. The van der Waals surface area contributed by atoms with Crippen LogP contribution in [0.1, 0.15) is 10.8 Å². The second-order valence-corrected chi connectivity index (χ2v) is 6.89. The van der Waals surface area contributed by atoms with Crippen molar-refractivity contribution >= 4 is 23.7 Å². The number of carbonyl (C=O) groups excluding carboxylic acids is 2. The number of benzene rings is 2. The van der Waals surface area contributed by atoms with E-state index in [2.05, 4.69) is 20.8 Å². The number of halogens is 1. The number of aromatic nitrogens is 3. The fourth-order valence-corrected chi connectivity index (χ4v) is 3.54. The minimum absolute atomic E-state index is 0.315. The van der Waals surface area contributed by atoms with E-state index in [1.807, 2.05) is 6.07 Å². The topological polar surface area (TPSA) is 88.9 Å². The minimum atomic E-state index is -0.741. The van der Waals surface area contributed by atoms with Crippen molar-refractivity contribution in [3.8, 4) is 11.4 Å². The number of amides is 3. The van der Waals surface area contributed by atoms with Gasteiger partial charge in [-0.3, -0.25) is 10.1 Å². The molecule has 9 heteroatoms. The molecule has 3 rings (SSSR count). The maximum atomic E-state index is 14.1. The molecule has 3 aromatic rings. The molecular weight excluding hydrogens is 381 g/mol. The van der Waals surface area contributed by atoms with Crippen LogP contribution in [-0.2, 0) is 11.8 Å². The lowest BCUT2D eigenvalue weighted by atomic mass is 10.1. The van der Waals surface area contributed by atoms with Gasteiger partial charge in [-0.05, 0) is 17.7 Å². The zero-order valence-electron chi connectivity index (χ0n) is 15.2. The van der Waals surface area contributed by atoms with E-state index in [1.165, 1.54) is 13.1 Å². The quantitative estimate of drug-likeness (QED) is 0.644. The summed E-state index contributed by atoms with van der Waals surface area (Å²) in [6, 6.07) is 14.7. The predicted molar refractivity (Wildman–Crippen MR) is 104 cm³/mol. The van der Waals surface area contributed by atoms with Crippen molar-refractivity contribution in [2.24, 2.45) is 7.05 Å². The Morgan fingerprint density at radius 2 is 1.75 bits per heavy atom. The molecule has 144 valence electrons. The Kier molecular flexibility index (Phi) is 6.05. The maximum absolute atomic E-state index is 14.1. The van der Waals surface area contributed by atoms with Crippen LogP contribution in [0.4, 0.5) is 9.18 Å². The molecule has 0 spiro atoms. The average molecular weight is 399 g/mol. The van der Waals surface area contributed by atoms with Crippen molar-refractivity contribution in [3.05, 3.63) is 66.0 Å². The van der Waals surface area contributed by atoms with Crippen LogP contribution < -0.4 is 10.6 Å². The molecule has 1 heterocycles. The van der Waals surface area contributed by atoms with Crippen LogP contribution in [0.5, 0.6) is 0 Å². The molecule has 28 heavy (non-hydrogen) atoms. The van der Waals surface area contributed by atoms with Crippen LogP contribution in [0.3, 0.4) is 0 Å². The van der Waals surface area contributed by atoms with E-state index >= 15 is 0 Å². The molecule has 0 fully saturated rings. The summed E-state index contributed by atoms with van der Waals surface area (Å²) < 4.78 is 15.7. The van der Waals surface area contributed by atoms with Gasteiger partial charge in [0.05, 0.1) is 5.56 Å².